The molecule has 1 aromatic heterocycles. The highest BCUT2D eigenvalue weighted by molar-refractivity contribution is 7.90. The zero-order valence-electron chi connectivity index (χ0n) is 15.9. The molecule has 0 bridgehead atoms. The summed E-state index contributed by atoms with van der Waals surface area (Å²) in [6.45, 7) is 3.65. The number of ether oxygens (including phenoxy) is 2. The van der Waals surface area contributed by atoms with Gasteiger partial charge in [0, 0.05) is 27.7 Å². The minimum atomic E-state index is -3.98. The summed E-state index contributed by atoms with van der Waals surface area (Å²) < 4.78 is 37.8. The summed E-state index contributed by atoms with van der Waals surface area (Å²) in [7, 11) is -2.49. The maximum Gasteiger partial charge on any atom is 0.333 e. The summed E-state index contributed by atoms with van der Waals surface area (Å²) in [6, 6.07) is 10.7. The van der Waals surface area contributed by atoms with Crippen molar-refractivity contribution >= 4 is 38.5 Å². The molecule has 7 nitrogen and oxygen atoms in total. The molecule has 0 radical (unpaired) electrons. The Morgan fingerprint density at radius 2 is 1.97 bits per heavy atom. The molecule has 3 aromatic rings. The molecule has 4 rings (SSSR count). The Hall–Kier alpha value is -2.81. The average molecular weight is 448 g/mol. The number of halogens is 1. The molecule has 2 unspecified atom stereocenters. The first kappa shape index (κ1) is 20.5. The predicted octanol–water partition coefficient (Wildman–Crippen LogP) is 3.30. The lowest BCUT2D eigenvalue weighted by Gasteiger charge is -2.15. The van der Waals surface area contributed by atoms with E-state index in [0.29, 0.717) is 27.2 Å². The van der Waals surface area contributed by atoms with Gasteiger partial charge in [0.15, 0.2) is 0 Å². The molecule has 0 spiro atoms. The Labute approximate surface area is 178 Å². The topological polar surface area (TPSA) is 94.8 Å². The number of aliphatic hydroxyl groups excluding tert-OH is 1. The lowest BCUT2D eigenvalue weighted by molar-refractivity contribution is -0.135. The number of benzene rings is 2. The Morgan fingerprint density at radius 1 is 1.27 bits per heavy atom. The molecule has 30 heavy (non-hydrogen) atoms. The molecule has 2 aromatic carbocycles. The minimum Gasteiger partial charge on any atom is -0.497 e. The summed E-state index contributed by atoms with van der Waals surface area (Å²) in [5, 5.41) is 11.8. The van der Waals surface area contributed by atoms with Crippen LogP contribution in [0.25, 0.3) is 10.9 Å². The van der Waals surface area contributed by atoms with Crippen LogP contribution in [-0.2, 0) is 19.6 Å². The van der Waals surface area contributed by atoms with Crippen LogP contribution < -0.4 is 4.74 Å². The number of methoxy groups -OCH3 is 1. The van der Waals surface area contributed by atoms with E-state index in [2.05, 4.69) is 6.58 Å². The lowest BCUT2D eigenvalue weighted by Crippen LogP contribution is -2.15. The fourth-order valence-corrected chi connectivity index (χ4v) is 5.05. The number of carbonyl (C=O) groups excluding carboxylic acids is 1. The molecule has 1 aliphatic rings. The normalized spacial score (nSPS) is 17.9. The van der Waals surface area contributed by atoms with Crippen LogP contribution >= 0.6 is 11.6 Å². The third kappa shape index (κ3) is 3.27. The second-order valence-electron chi connectivity index (χ2n) is 6.90. The zero-order chi connectivity index (χ0) is 21.6. The highest BCUT2D eigenvalue weighted by Crippen LogP contribution is 2.38. The van der Waals surface area contributed by atoms with Crippen molar-refractivity contribution in [1.82, 2.24) is 3.97 Å². The van der Waals surface area contributed by atoms with Gasteiger partial charge in [0.2, 0.25) is 0 Å². The Bertz CT molecular complexity index is 1260. The number of hydrogen-bond donors (Lipinski definition) is 1. The maximum absolute atomic E-state index is 13.3. The van der Waals surface area contributed by atoms with Gasteiger partial charge in [-0.05, 0) is 42.5 Å². The van der Waals surface area contributed by atoms with Crippen LogP contribution in [-0.4, -0.2) is 37.2 Å². The highest BCUT2D eigenvalue weighted by atomic mass is 35.5. The summed E-state index contributed by atoms with van der Waals surface area (Å²) >= 11 is 6.13. The van der Waals surface area contributed by atoms with E-state index >= 15 is 0 Å². The number of fused-ring (bicyclic) bond motifs is 1. The fraction of sp³-hybridized carbons (Fsp3) is 0.190. The highest BCUT2D eigenvalue weighted by Gasteiger charge is 2.37. The molecule has 1 saturated heterocycles. The molecular formula is C21H18ClNO6S. The summed E-state index contributed by atoms with van der Waals surface area (Å²) in [6.07, 6.45) is 0.152. The van der Waals surface area contributed by atoms with Gasteiger partial charge >= 0.3 is 5.97 Å². The summed E-state index contributed by atoms with van der Waals surface area (Å²) in [5.41, 5.74) is 0.803. The van der Waals surface area contributed by atoms with Crippen molar-refractivity contribution in [3.63, 3.8) is 0 Å². The third-order valence-electron chi connectivity index (χ3n) is 5.18. The Kier molecular flexibility index (Phi) is 5.09. The largest absolute Gasteiger partial charge is 0.497 e. The molecule has 156 valence electrons. The smallest absolute Gasteiger partial charge is 0.333 e. The summed E-state index contributed by atoms with van der Waals surface area (Å²) in [4.78, 5) is 11.7. The molecule has 2 heterocycles. The lowest BCUT2D eigenvalue weighted by atomic mass is 9.92. The van der Waals surface area contributed by atoms with E-state index in [0.717, 1.165) is 3.97 Å². The quantitative estimate of drug-likeness (QED) is 0.476. The number of esters is 1. The molecular weight excluding hydrogens is 430 g/mol. The van der Waals surface area contributed by atoms with E-state index in [9.17, 15) is 18.3 Å². The van der Waals surface area contributed by atoms with Crippen molar-refractivity contribution in [2.45, 2.75) is 11.0 Å². The van der Waals surface area contributed by atoms with Gasteiger partial charge < -0.3 is 14.6 Å². The van der Waals surface area contributed by atoms with E-state index in [1.54, 1.807) is 30.3 Å². The molecule has 1 N–H and O–H groups in total. The fourth-order valence-electron chi connectivity index (χ4n) is 3.50. The molecule has 2 atom stereocenters. The van der Waals surface area contributed by atoms with E-state index in [4.69, 9.17) is 21.1 Å². The van der Waals surface area contributed by atoms with Crippen LogP contribution in [0.5, 0.6) is 5.75 Å². The molecule has 0 amide bonds. The predicted molar refractivity (Wildman–Crippen MR) is 111 cm³/mol. The van der Waals surface area contributed by atoms with E-state index in [1.165, 1.54) is 25.4 Å². The number of rotatable bonds is 5. The number of carbonyl (C=O) groups is 1. The first-order valence-corrected chi connectivity index (χ1v) is 10.8. The van der Waals surface area contributed by atoms with E-state index in [-0.39, 0.29) is 17.1 Å². The average Bonchev–Trinajstić information content (AvgIpc) is 3.28. The molecule has 9 heteroatoms. The maximum atomic E-state index is 13.3. The van der Waals surface area contributed by atoms with Gasteiger partial charge in [0.05, 0.1) is 29.5 Å². The Balaban J connectivity index is 1.87. The van der Waals surface area contributed by atoms with Crippen molar-refractivity contribution in [3.05, 3.63) is 71.4 Å². The van der Waals surface area contributed by atoms with Crippen LogP contribution in [0.2, 0.25) is 5.02 Å². The number of aliphatic hydroxyl groups is 1. The van der Waals surface area contributed by atoms with Gasteiger partial charge in [0.25, 0.3) is 10.0 Å². The van der Waals surface area contributed by atoms with Crippen LogP contribution in [0.15, 0.2) is 65.7 Å². The van der Waals surface area contributed by atoms with Gasteiger partial charge in [-0.1, -0.05) is 18.2 Å². The second-order valence-corrected chi connectivity index (χ2v) is 9.15. The first-order chi connectivity index (χ1) is 14.2. The van der Waals surface area contributed by atoms with E-state index < -0.39 is 28.0 Å². The Morgan fingerprint density at radius 3 is 2.57 bits per heavy atom. The van der Waals surface area contributed by atoms with Gasteiger partial charge in [-0.2, -0.15) is 0 Å². The van der Waals surface area contributed by atoms with Crippen molar-refractivity contribution < 1.29 is 27.8 Å². The zero-order valence-corrected chi connectivity index (χ0v) is 17.5. The van der Waals surface area contributed by atoms with E-state index in [1.807, 2.05) is 0 Å². The van der Waals surface area contributed by atoms with Crippen molar-refractivity contribution in [2.75, 3.05) is 13.7 Å². The van der Waals surface area contributed by atoms with Crippen molar-refractivity contribution in [3.8, 4) is 5.75 Å². The van der Waals surface area contributed by atoms with Crippen molar-refractivity contribution in [1.29, 1.82) is 0 Å². The third-order valence-corrected chi connectivity index (χ3v) is 7.11. The van der Waals surface area contributed by atoms with Crippen LogP contribution in [0, 0.1) is 5.92 Å². The van der Waals surface area contributed by atoms with Crippen LogP contribution in [0.3, 0.4) is 0 Å². The van der Waals surface area contributed by atoms with Gasteiger partial charge in [-0.3, -0.25) is 0 Å². The summed E-state index contributed by atoms with van der Waals surface area (Å²) in [5.74, 6) is -0.732. The molecule has 0 saturated carbocycles. The number of aromatic nitrogens is 1. The van der Waals surface area contributed by atoms with Crippen LogP contribution in [0.1, 0.15) is 11.7 Å². The number of cyclic esters (lactones) is 1. The van der Waals surface area contributed by atoms with Crippen molar-refractivity contribution in [2.24, 2.45) is 5.92 Å². The SMILES string of the molecule is C=C1C(=O)OCC1C(O)c1cn(S(=O)(=O)c2ccc(OC)cc2)c2ccc(Cl)cc12. The molecule has 1 aliphatic heterocycles. The minimum absolute atomic E-state index is 0.0305. The number of nitrogens with zero attached hydrogens (tertiary/aromatic N) is 1. The van der Waals surface area contributed by atoms with Gasteiger partial charge in [0.1, 0.15) is 12.4 Å². The first-order valence-electron chi connectivity index (χ1n) is 8.98. The standard InChI is InChI=1S/C21H18ClNO6S/c1-12-18(11-29-21(12)25)20(24)17-10-23(19-8-3-13(22)9-16(17)19)30(26,27)15-6-4-14(28-2)5-7-15/h3-10,18,20,24H,1,11H2,2H3. The monoisotopic (exact) mass is 447 g/mol. The molecule has 0 aliphatic carbocycles. The van der Waals surface area contributed by atoms with Crippen LogP contribution in [0.4, 0.5) is 0 Å². The van der Waals surface area contributed by atoms with Gasteiger partial charge in [-0.25, -0.2) is 17.2 Å². The number of hydrogen-bond acceptors (Lipinski definition) is 6. The molecule has 1 fully saturated rings. The van der Waals surface area contributed by atoms with Gasteiger partial charge in [-0.15, -0.1) is 0 Å². The second kappa shape index (κ2) is 7.46.